The summed E-state index contributed by atoms with van der Waals surface area (Å²) >= 11 is 0. The van der Waals surface area contributed by atoms with Gasteiger partial charge in [0.1, 0.15) is 0 Å². The third kappa shape index (κ3) is 3.67. The largest absolute Gasteiger partial charge is 0.338 e. The zero-order valence-electron chi connectivity index (χ0n) is 13.3. The van der Waals surface area contributed by atoms with E-state index in [1.54, 1.807) is 0 Å². The SMILES string of the molecule is CC1CCCN(C(=O)c2cnc(Nc3ccc(F)c(F)c3)nc2)C1. The van der Waals surface area contributed by atoms with Crippen molar-refractivity contribution in [2.75, 3.05) is 18.4 Å². The fraction of sp³-hybridized carbons (Fsp3) is 0.353. The fourth-order valence-corrected chi connectivity index (χ4v) is 2.76. The van der Waals surface area contributed by atoms with Crippen LogP contribution in [-0.2, 0) is 0 Å². The van der Waals surface area contributed by atoms with Gasteiger partial charge in [0.25, 0.3) is 5.91 Å². The number of piperidine rings is 1. The number of hydrogen-bond acceptors (Lipinski definition) is 4. The lowest BCUT2D eigenvalue weighted by Crippen LogP contribution is -2.39. The van der Waals surface area contributed by atoms with Gasteiger partial charge in [-0.25, -0.2) is 18.7 Å². The van der Waals surface area contributed by atoms with Crippen molar-refractivity contribution in [2.24, 2.45) is 5.92 Å². The van der Waals surface area contributed by atoms with Gasteiger partial charge in [0.05, 0.1) is 5.56 Å². The second kappa shape index (κ2) is 6.90. The standard InChI is InChI=1S/C17H18F2N4O/c1-11-3-2-6-23(10-11)16(24)12-8-20-17(21-9-12)22-13-4-5-14(18)15(19)7-13/h4-5,7-9,11H,2-3,6,10H2,1H3,(H,20,21,22). The highest BCUT2D eigenvalue weighted by molar-refractivity contribution is 5.93. The molecule has 0 radical (unpaired) electrons. The highest BCUT2D eigenvalue weighted by Gasteiger charge is 2.22. The van der Waals surface area contributed by atoms with Crippen molar-refractivity contribution in [3.63, 3.8) is 0 Å². The highest BCUT2D eigenvalue weighted by atomic mass is 19.2. The van der Waals surface area contributed by atoms with Crippen LogP contribution in [0, 0.1) is 17.6 Å². The van der Waals surface area contributed by atoms with Gasteiger partial charge in [0, 0.05) is 37.2 Å². The molecule has 0 aliphatic carbocycles. The summed E-state index contributed by atoms with van der Waals surface area (Å²) in [5, 5.41) is 2.77. The number of aromatic nitrogens is 2. The monoisotopic (exact) mass is 332 g/mol. The number of nitrogens with zero attached hydrogens (tertiary/aromatic N) is 3. The molecule has 1 aromatic carbocycles. The lowest BCUT2D eigenvalue weighted by atomic mass is 10.00. The van der Waals surface area contributed by atoms with E-state index in [1.807, 2.05) is 4.90 Å². The van der Waals surface area contributed by atoms with E-state index in [9.17, 15) is 13.6 Å². The highest BCUT2D eigenvalue weighted by Crippen LogP contribution is 2.19. The molecule has 2 aromatic rings. The van der Waals surface area contributed by atoms with E-state index in [4.69, 9.17) is 0 Å². The van der Waals surface area contributed by atoms with Crippen LogP contribution in [0.1, 0.15) is 30.1 Å². The molecule has 7 heteroatoms. The molecule has 0 saturated carbocycles. The maximum atomic E-state index is 13.2. The lowest BCUT2D eigenvalue weighted by Gasteiger charge is -2.30. The number of benzene rings is 1. The van der Waals surface area contributed by atoms with E-state index >= 15 is 0 Å². The van der Waals surface area contributed by atoms with Gasteiger partial charge in [0.2, 0.25) is 5.95 Å². The molecule has 0 bridgehead atoms. The number of anilines is 2. The molecule has 1 aliphatic rings. The third-order valence-corrected chi connectivity index (χ3v) is 4.02. The minimum Gasteiger partial charge on any atom is -0.338 e. The minimum atomic E-state index is -0.953. The molecule has 1 fully saturated rings. The molecule has 1 saturated heterocycles. The first-order valence-corrected chi connectivity index (χ1v) is 7.86. The molecule has 1 aromatic heterocycles. The minimum absolute atomic E-state index is 0.0825. The number of nitrogens with one attached hydrogen (secondary N) is 1. The van der Waals surface area contributed by atoms with Crippen LogP contribution < -0.4 is 5.32 Å². The number of amides is 1. The summed E-state index contributed by atoms with van der Waals surface area (Å²) in [7, 11) is 0. The van der Waals surface area contributed by atoms with Crippen LogP contribution in [0.2, 0.25) is 0 Å². The molecule has 126 valence electrons. The number of carbonyl (C=O) groups is 1. The average molecular weight is 332 g/mol. The van der Waals surface area contributed by atoms with Gasteiger partial charge in [-0.3, -0.25) is 4.79 Å². The van der Waals surface area contributed by atoms with Crippen molar-refractivity contribution in [1.29, 1.82) is 0 Å². The van der Waals surface area contributed by atoms with Crippen molar-refractivity contribution in [3.8, 4) is 0 Å². The van der Waals surface area contributed by atoms with Crippen molar-refractivity contribution in [1.82, 2.24) is 14.9 Å². The average Bonchev–Trinajstić information content (AvgIpc) is 2.58. The molecule has 1 amide bonds. The number of likely N-dealkylation sites (tertiary alicyclic amines) is 1. The second-order valence-corrected chi connectivity index (χ2v) is 6.05. The van der Waals surface area contributed by atoms with Gasteiger partial charge in [-0.05, 0) is 30.9 Å². The van der Waals surface area contributed by atoms with Crippen molar-refractivity contribution >= 4 is 17.5 Å². The molecular formula is C17H18F2N4O. The van der Waals surface area contributed by atoms with E-state index in [0.717, 1.165) is 38.1 Å². The summed E-state index contributed by atoms with van der Waals surface area (Å²) in [6, 6.07) is 3.43. The Morgan fingerprint density at radius 1 is 1.25 bits per heavy atom. The Kier molecular flexibility index (Phi) is 4.69. The Hall–Kier alpha value is -2.57. The van der Waals surface area contributed by atoms with Crippen LogP contribution in [0.5, 0.6) is 0 Å². The first-order valence-electron chi connectivity index (χ1n) is 7.86. The number of carbonyl (C=O) groups excluding carboxylic acids is 1. The Morgan fingerprint density at radius 2 is 2.00 bits per heavy atom. The Labute approximate surface area is 138 Å². The molecule has 5 nitrogen and oxygen atoms in total. The van der Waals surface area contributed by atoms with Crippen molar-refractivity contribution < 1.29 is 13.6 Å². The van der Waals surface area contributed by atoms with Gasteiger partial charge in [-0.1, -0.05) is 6.92 Å². The predicted octanol–water partition coefficient (Wildman–Crippen LogP) is 3.37. The van der Waals surface area contributed by atoms with E-state index in [2.05, 4.69) is 22.2 Å². The van der Waals surface area contributed by atoms with Gasteiger partial charge in [-0.15, -0.1) is 0 Å². The zero-order valence-corrected chi connectivity index (χ0v) is 13.3. The third-order valence-electron chi connectivity index (χ3n) is 4.02. The van der Waals surface area contributed by atoms with Crippen LogP contribution in [-0.4, -0.2) is 33.9 Å². The number of hydrogen-bond donors (Lipinski definition) is 1. The summed E-state index contributed by atoms with van der Waals surface area (Å²) in [5.41, 5.74) is 0.748. The Balaban J connectivity index is 1.68. The fourth-order valence-electron chi connectivity index (χ4n) is 2.76. The van der Waals surface area contributed by atoms with Gasteiger partial charge >= 0.3 is 0 Å². The summed E-state index contributed by atoms with van der Waals surface area (Å²) in [6.45, 7) is 3.62. The Morgan fingerprint density at radius 3 is 2.67 bits per heavy atom. The summed E-state index contributed by atoms with van der Waals surface area (Å²) in [6.07, 6.45) is 5.02. The molecule has 3 rings (SSSR count). The molecule has 1 unspecified atom stereocenters. The summed E-state index contributed by atoms with van der Waals surface area (Å²) in [5.74, 6) is -1.24. The number of rotatable bonds is 3. The number of halogens is 2. The van der Waals surface area contributed by atoms with E-state index < -0.39 is 11.6 Å². The van der Waals surface area contributed by atoms with Gasteiger partial charge in [-0.2, -0.15) is 0 Å². The summed E-state index contributed by atoms with van der Waals surface area (Å²) in [4.78, 5) is 22.4. The molecular weight excluding hydrogens is 314 g/mol. The second-order valence-electron chi connectivity index (χ2n) is 6.05. The van der Waals surface area contributed by atoms with E-state index in [0.29, 0.717) is 17.2 Å². The van der Waals surface area contributed by atoms with Crippen LogP contribution in [0.3, 0.4) is 0 Å². The predicted molar refractivity (Wildman–Crippen MR) is 86.0 cm³/mol. The van der Waals surface area contributed by atoms with E-state index in [1.165, 1.54) is 18.5 Å². The van der Waals surface area contributed by atoms with Crippen LogP contribution in [0.15, 0.2) is 30.6 Å². The molecule has 2 heterocycles. The van der Waals surface area contributed by atoms with Gasteiger partial charge in [0.15, 0.2) is 11.6 Å². The smallest absolute Gasteiger partial charge is 0.257 e. The molecule has 1 atom stereocenters. The zero-order chi connectivity index (χ0) is 17.1. The molecule has 1 aliphatic heterocycles. The maximum Gasteiger partial charge on any atom is 0.257 e. The van der Waals surface area contributed by atoms with Crippen molar-refractivity contribution in [3.05, 3.63) is 47.8 Å². The van der Waals surface area contributed by atoms with Gasteiger partial charge < -0.3 is 10.2 Å². The normalized spacial score (nSPS) is 17.6. The Bertz CT molecular complexity index is 736. The first kappa shape index (κ1) is 16.3. The summed E-state index contributed by atoms with van der Waals surface area (Å²) < 4.78 is 26.1. The van der Waals surface area contributed by atoms with E-state index in [-0.39, 0.29) is 11.9 Å². The van der Waals surface area contributed by atoms with Crippen LogP contribution in [0.25, 0.3) is 0 Å². The molecule has 0 spiro atoms. The molecule has 24 heavy (non-hydrogen) atoms. The topological polar surface area (TPSA) is 58.1 Å². The molecule has 1 N–H and O–H groups in total. The van der Waals surface area contributed by atoms with Crippen LogP contribution in [0.4, 0.5) is 20.4 Å². The van der Waals surface area contributed by atoms with Crippen LogP contribution >= 0.6 is 0 Å². The van der Waals surface area contributed by atoms with Crippen molar-refractivity contribution in [2.45, 2.75) is 19.8 Å². The maximum absolute atomic E-state index is 13.2. The quantitative estimate of drug-likeness (QED) is 0.936. The lowest BCUT2D eigenvalue weighted by molar-refractivity contribution is 0.0682. The first-order chi connectivity index (χ1) is 11.5.